The van der Waals surface area contributed by atoms with Crippen molar-refractivity contribution in [3.05, 3.63) is 30.1 Å². The molecule has 0 aliphatic heterocycles. The zero-order valence-electron chi connectivity index (χ0n) is 13.4. The van der Waals surface area contributed by atoms with Crippen LogP contribution < -0.4 is 5.73 Å². The minimum Gasteiger partial charge on any atom is -0.345 e. The number of nitrogens with two attached hydrogens (primary N) is 1. The zero-order valence-corrected chi connectivity index (χ0v) is 15.9. The Morgan fingerprint density at radius 1 is 1.36 bits per heavy atom. The molecular weight excluding hydrogens is 341 g/mol. The van der Waals surface area contributed by atoms with Gasteiger partial charge in [0.2, 0.25) is 5.91 Å². The van der Waals surface area contributed by atoms with Gasteiger partial charge < -0.3 is 10.6 Å². The van der Waals surface area contributed by atoms with Crippen molar-refractivity contribution in [3.8, 4) is 0 Å². The van der Waals surface area contributed by atoms with Gasteiger partial charge in [0.1, 0.15) is 0 Å². The molecule has 0 bridgehead atoms. The highest BCUT2D eigenvalue weighted by Crippen LogP contribution is 2.16. The summed E-state index contributed by atoms with van der Waals surface area (Å²) in [7, 11) is 1.85. The van der Waals surface area contributed by atoms with Gasteiger partial charge >= 0.3 is 0 Å². The van der Waals surface area contributed by atoms with Gasteiger partial charge in [0.25, 0.3) is 0 Å². The third-order valence-electron chi connectivity index (χ3n) is 3.08. The molecule has 22 heavy (non-hydrogen) atoms. The standard InChI is InChI=1S/C15H25N3OS.2ClH/c1-15(2,11-16)12-18(3)14(19)7-9-20-10-13-6-4-5-8-17-13;;/h4-6,8H,7,9-12,16H2,1-3H3;2*1H. The van der Waals surface area contributed by atoms with E-state index in [1.807, 2.05) is 25.2 Å². The average Bonchev–Trinajstić information content (AvgIpc) is 2.44. The number of hydrogen-bond acceptors (Lipinski definition) is 4. The van der Waals surface area contributed by atoms with Gasteiger partial charge in [0.05, 0.1) is 5.69 Å². The monoisotopic (exact) mass is 367 g/mol. The van der Waals surface area contributed by atoms with Gasteiger partial charge in [-0.2, -0.15) is 11.8 Å². The number of hydrogen-bond donors (Lipinski definition) is 1. The molecule has 0 aromatic carbocycles. The maximum Gasteiger partial charge on any atom is 0.223 e. The molecule has 128 valence electrons. The Morgan fingerprint density at radius 3 is 2.59 bits per heavy atom. The molecule has 0 spiro atoms. The number of carbonyl (C=O) groups excluding carboxylic acids is 1. The van der Waals surface area contributed by atoms with Crippen molar-refractivity contribution in [1.82, 2.24) is 9.88 Å². The maximum atomic E-state index is 12.0. The van der Waals surface area contributed by atoms with Crippen LogP contribution in [0, 0.1) is 5.41 Å². The third-order valence-corrected chi connectivity index (χ3v) is 4.07. The van der Waals surface area contributed by atoms with Gasteiger partial charge in [-0.1, -0.05) is 19.9 Å². The molecule has 0 aliphatic rings. The van der Waals surface area contributed by atoms with E-state index >= 15 is 0 Å². The van der Waals surface area contributed by atoms with E-state index in [1.165, 1.54) is 0 Å². The SMILES string of the molecule is CN(CC(C)(C)CN)C(=O)CCSCc1ccccn1.Cl.Cl. The fourth-order valence-corrected chi connectivity index (χ4v) is 2.65. The second kappa shape index (κ2) is 12.0. The number of rotatable bonds is 8. The molecule has 0 fully saturated rings. The second-order valence-electron chi connectivity index (χ2n) is 5.74. The van der Waals surface area contributed by atoms with E-state index in [0.717, 1.165) is 17.2 Å². The lowest BCUT2D eigenvalue weighted by atomic mass is 9.93. The van der Waals surface area contributed by atoms with Crippen LogP contribution in [-0.2, 0) is 10.5 Å². The van der Waals surface area contributed by atoms with E-state index in [0.29, 0.717) is 19.5 Å². The van der Waals surface area contributed by atoms with Crippen molar-refractivity contribution < 1.29 is 4.79 Å². The maximum absolute atomic E-state index is 12.0. The van der Waals surface area contributed by atoms with Crippen LogP contribution in [0.25, 0.3) is 0 Å². The van der Waals surface area contributed by atoms with Crippen molar-refractivity contribution in [2.75, 3.05) is 25.9 Å². The van der Waals surface area contributed by atoms with E-state index in [4.69, 9.17) is 5.73 Å². The summed E-state index contributed by atoms with van der Waals surface area (Å²) < 4.78 is 0. The molecule has 2 N–H and O–H groups in total. The van der Waals surface area contributed by atoms with Crippen molar-refractivity contribution in [2.24, 2.45) is 11.1 Å². The van der Waals surface area contributed by atoms with Crippen LogP contribution in [0.5, 0.6) is 0 Å². The first-order valence-corrected chi connectivity index (χ1v) is 8.02. The lowest BCUT2D eigenvalue weighted by Gasteiger charge is -2.29. The molecule has 1 rings (SSSR count). The van der Waals surface area contributed by atoms with Gasteiger partial charge in [-0.25, -0.2) is 0 Å². The van der Waals surface area contributed by atoms with Crippen LogP contribution in [0.15, 0.2) is 24.4 Å². The summed E-state index contributed by atoms with van der Waals surface area (Å²) in [5.74, 6) is 1.86. The largest absolute Gasteiger partial charge is 0.345 e. The topological polar surface area (TPSA) is 59.2 Å². The van der Waals surface area contributed by atoms with Gasteiger partial charge in [0.15, 0.2) is 0 Å². The zero-order chi connectivity index (χ0) is 15.0. The van der Waals surface area contributed by atoms with Crippen LogP contribution in [0.3, 0.4) is 0 Å². The number of amides is 1. The van der Waals surface area contributed by atoms with Crippen molar-refractivity contribution in [2.45, 2.75) is 26.0 Å². The number of thioether (sulfide) groups is 1. The summed E-state index contributed by atoms with van der Waals surface area (Å²) in [6.45, 7) is 5.44. The third kappa shape index (κ3) is 9.51. The van der Waals surface area contributed by atoms with Crippen LogP contribution >= 0.6 is 36.6 Å². The van der Waals surface area contributed by atoms with Crippen LogP contribution in [0.2, 0.25) is 0 Å². The van der Waals surface area contributed by atoms with E-state index in [2.05, 4.69) is 18.8 Å². The molecular formula is C15H27Cl2N3OS. The molecule has 1 aromatic heterocycles. The lowest BCUT2D eigenvalue weighted by molar-refractivity contribution is -0.130. The summed E-state index contributed by atoms with van der Waals surface area (Å²) in [6.07, 6.45) is 2.36. The molecule has 0 aliphatic carbocycles. The number of aromatic nitrogens is 1. The second-order valence-corrected chi connectivity index (χ2v) is 6.85. The molecule has 1 aromatic rings. The minimum atomic E-state index is -0.0223. The highest BCUT2D eigenvalue weighted by atomic mass is 35.5. The highest BCUT2D eigenvalue weighted by molar-refractivity contribution is 7.98. The highest BCUT2D eigenvalue weighted by Gasteiger charge is 2.20. The Balaban J connectivity index is 0. The van der Waals surface area contributed by atoms with Crippen LogP contribution in [0.1, 0.15) is 26.0 Å². The summed E-state index contributed by atoms with van der Waals surface area (Å²) in [6, 6.07) is 5.90. The molecule has 1 heterocycles. The molecule has 0 radical (unpaired) electrons. The molecule has 7 heteroatoms. The van der Waals surface area contributed by atoms with Gasteiger partial charge in [-0.15, -0.1) is 24.8 Å². The first-order valence-electron chi connectivity index (χ1n) is 6.86. The van der Waals surface area contributed by atoms with Crippen molar-refractivity contribution >= 4 is 42.5 Å². The number of carbonyl (C=O) groups is 1. The minimum absolute atomic E-state index is 0. The number of halogens is 2. The Labute approximate surface area is 150 Å². The Bertz CT molecular complexity index is 419. The summed E-state index contributed by atoms with van der Waals surface area (Å²) >= 11 is 1.74. The number of nitrogens with zero attached hydrogens (tertiary/aromatic N) is 2. The quantitative estimate of drug-likeness (QED) is 0.717. The molecule has 0 atom stereocenters. The summed E-state index contributed by atoms with van der Waals surface area (Å²) in [5, 5.41) is 0. The Morgan fingerprint density at radius 2 is 2.05 bits per heavy atom. The first kappa shape index (κ1) is 23.8. The Kier molecular flexibility index (Phi) is 13.0. The lowest BCUT2D eigenvalue weighted by Crippen LogP contribution is -2.39. The molecule has 0 saturated heterocycles. The van der Waals surface area contributed by atoms with Gasteiger partial charge in [-0.3, -0.25) is 9.78 Å². The van der Waals surface area contributed by atoms with Crippen molar-refractivity contribution in [1.29, 1.82) is 0 Å². The Hall–Kier alpha value is -0.490. The number of pyridine rings is 1. The molecule has 0 saturated carbocycles. The summed E-state index contributed by atoms with van der Waals surface area (Å²) in [5.41, 5.74) is 6.73. The molecule has 1 amide bonds. The van der Waals surface area contributed by atoms with Gasteiger partial charge in [0, 0.05) is 37.7 Å². The van der Waals surface area contributed by atoms with Crippen LogP contribution in [-0.4, -0.2) is 41.7 Å². The van der Waals surface area contributed by atoms with E-state index in [9.17, 15) is 4.79 Å². The predicted molar refractivity (Wildman–Crippen MR) is 100.0 cm³/mol. The van der Waals surface area contributed by atoms with E-state index in [1.54, 1.807) is 22.9 Å². The van der Waals surface area contributed by atoms with Crippen LogP contribution in [0.4, 0.5) is 0 Å². The fraction of sp³-hybridized carbons (Fsp3) is 0.600. The van der Waals surface area contributed by atoms with E-state index in [-0.39, 0.29) is 36.1 Å². The molecule has 0 unspecified atom stereocenters. The normalized spacial score (nSPS) is 10.4. The predicted octanol–water partition coefficient (Wildman–Crippen LogP) is 2.99. The molecule has 4 nitrogen and oxygen atoms in total. The van der Waals surface area contributed by atoms with Gasteiger partial charge in [-0.05, 0) is 24.1 Å². The average molecular weight is 368 g/mol. The van der Waals surface area contributed by atoms with E-state index < -0.39 is 0 Å². The van der Waals surface area contributed by atoms with Crippen molar-refractivity contribution in [3.63, 3.8) is 0 Å². The first-order chi connectivity index (χ1) is 9.44. The summed E-state index contributed by atoms with van der Waals surface area (Å²) in [4.78, 5) is 18.1. The fourth-order valence-electron chi connectivity index (χ4n) is 1.81. The smallest absolute Gasteiger partial charge is 0.223 e.